The number of ether oxygens (including phenoxy) is 2. The van der Waals surface area contributed by atoms with Crippen LogP contribution >= 0.6 is 0 Å². The van der Waals surface area contributed by atoms with Crippen molar-refractivity contribution in [1.82, 2.24) is 14.9 Å². The van der Waals surface area contributed by atoms with Gasteiger partial charge in [-0.15, -0.1) is 0 Å². The molecule has 1 aliphatic rings. The fourth-order valence-corrected chi connectivity index (χ4v) is 4.50. The Morgan fingerprint density at radius 3 is 2.56 bits per heavy atom. The van der Waals surface area contributed by atoms with Crippen LogP contribution in [0.1, 0.15) is 57.3 Å². The Balaban J connectivity index is 1.41. The lowest BCUT2D eigenvalue weighted by Crippen LogP contribution is -2.35. The molecule has 2 aromatic carbocycles. The van der Waals surface area contributed by atoms with E-state index in [4.69, 9.17) is 14.5 Å². The van der Waals surface area contributed by atoms with Gasteiger partial charge in [0.05, 0.1) is 30.8 Å². The minimum atomic E-state index is -0.140. The van der Waals surface area contributed by atoms with Crippen molar-refractivity contribution in [3.63, 3.8) is 0 Å². The van der Waals surface area contributed by atoms with Crippen LogP contribution in [0.15, 0.2) is 48.5 Å². The molecule has 1 atom stereocenters. The topological polar surface area (TPSA) is 65.4 Å². The van der Waals surface area contributed by atoms with Gasteiger partial charge < -0.3 is 19.4 Å². The summed E-state index contributed by atoms with van der Waals surface area (Å²) in [5, 5.41) is 3.23. The third-order valence-corrected chi connectivity index (χ3v) is 6.26. The van der Waals surface area contributed by atoms with Gasteiger partial charge in [0.2, 0.25) is 5.91 Å². The van der Waals surface area contributed by atoms with Gasteiger partial charge in [0.1, 0.15) is 17.3 Å². The normalized spacial score (nSPS) is 15.4. The lowest BCUT2D eigenvalue weighted by Gasteiger charge is -2.23. The average Bonchev–Trinajstić information content (AvgIpc) is 3.21. The molecule has 1 saturated carbocycles. The smallest absolute Gasteiger partial charge is 0.223 e. The number of hydrogen-bond donors (Lipinski definition) is 1. The highest BCUT2D eigenvalue weighted by Gasteiger charge is 2.24. The standard InChI is InChI=1S/C26H33N3O3/c1-19(27-26(30)20-9-4-3-5-10-20)25-28-23-11-6-7-12-24(23)29(25)17-8-18-32-22-15-13-21(31-2)14-16-22/h6-7,11-16,19-20H,3-5,8-10,17-18H2,1-2H3,(H,27,30). The van der Waals surface area contributed by atoms with Crippen LogP contribution in [0.5, 0.6) is 11.5 Å². The van der Waals surface area contributed by atoms with Gasteiger partial charge in [-0.2, -0.15) is 0 Å². The van der Waals surface area contributed by atoms with E-state index in [-0.39, 0.29) is 17.9 Å². The molecular formula is C26H33N3O3. The number of para-hydroxylation sites is 2. The molecule has 1 aromatic heterocycles. The van der Waals surface area contributed by atoms with Gasteiger partial charge in [0.25, 0.3) is 0 Å². The summed E-state index contributed by atoms with van der Waals surface area (Å²) in [6, 6.07) is 15.6. The summed E-state index contributed by atoms with van der Waals surface area (Å²) >= 11 is 0. The molecule has 32 heavy (non-hydrogen) atoms. The van der Waals surface area contributed by atoms with Crippen molar-refractivity contribution >= 4 is 16.9 Å². The molecule has 1 amide bonds. The number of methoxy groups -OCH3 is 1. The highest BCUT2D eigenvalue weighted by molar-refractivity contribution is 5.80. The molecule has 1 heterocycles. The fraction of sp³-hybridized carbons (Fsp3) is 0.462. The van der Waals surface area contributed by atoms with E-state index in [1.54, 1.807) is 7.11 Å². The Labute approximate surface area is 189 Å². The van der Waals surface area contributed by atoms with Gasteiger partial charge in [-0.25, -0.2) is 4.98 Å². The van der Waals surface area contributed by atoms with E-state index in [0.29, 0.717) is 6.61 Å². The third-order valence-electron chi connectivity index (χ3n) is 6.26. The highest BCUT2D eigenvalue weighted by Crippen LogP contribution is 2.26. The number of rotatable bonds is 9. The van der Waals surface area contributed by atoms with E-state index >= 15 is 0 Å². The van der Waals surface area contributed by atoms with Crippen LogP contribution in [0.2, 0.25) is 0 Å². The summed E-state index contributed by atoms with van der Waals surface area (Å²) in [5.41, 5.74) is 2.04. The van der Waals surface area contributed by atoms with Crippen molar-refractivity contribution in [2.75, 3.05) is 13.7 Å². The van der Waals surface area contributed by atoms with Gasteiger partial charge in [-0.3, -0.25) is 4.79 Å². The maximum absolute atomic E-state index is 12.8. The maximum Gasteiger partial charge on any atom is 0.223 e. The van der Waals surface area contributed by atoms with Crippen molar-refractivity contribution in [2.45, 2.75) is 58.0 Å². The number of hydrogen-bond acceptors (Lipinski definition) is 4. The molecule has 6 nitrogen and oxygen atoms in total. The van der Waals surface area contributed by atoms with Crippen molar-refractivity contribution in [3.8, 4) is 11.5 Å². The predicted molar refractivity (Wildman–Crippen MR) is 126 cm³/mol. The first-order chi connectivity index (χ1) is 15.7. The molecule has 0 bridgehead atoms. The minimum absolute atomic E-state index is 0.140. The highest BCUT2D eigenvalue weighted by atomic mass is 16.5. The van der Waals surface area contributed by atoms with Crippen molar-refractivity contribution in [3.05, 3.63) is 54.4 Å². The van der Waals surface area contributed by atoms with Crippen LogP contribution in [0, 0.1) is 5.92 Å². The van der Waals surface area contributed by atoms with E-state index in [1.807, 2.05) is 49.4 Å². The number of aryl methyl sites for hydroxylation is 1. The van der Waals surface area contributed by atoms with Crippen LogP contribution in [-0.4, -0.2) is 29.2 Å². The number of nitrogens with one attached hydrogen (secondary N) is 1. The number of amides is 1. The summed E-state index contributed by atoms with van der Waals surface area (Å²) in [7, 11) is 1.65. The van der Waals surface area contributed by atoms with Crippen LogP contribution < -0.4 is 14.8 Å². The first-order valence-corrected chi connectivity index (χ1v) is 11.7. The number of fused-ring (bicyclic) bond motifs is 1. The molecule has 1 fully saturated rings. The number of imidazole rings is 1. The van der Waals surface area contributed by atoms with Gasteiger partial charge in [0, 0.05) is 12.5 Å². The second-order valence-corrected chi connectivity index (χ2v) is 8.55. The van der Waals surface area contributed by atoms with Crippen LogP contribution in [0.25, 0.3) is 11.0 Å². The van der Waals surface area contributed by atoms with E-state index in [9.17, 15) is 4.79 Å². The zero-order valence-electron chi connectivity index (χ0n) is 19.0. The summed E-state index contributed by atoms with van der Waals surface area (Å²) in [6.45, 7) is 3.41. The largest absolute Gasteiger partial charge is 0.497 e. The Kier molecular flexibility index (Phi) is 7.30. The minimum Gasteiger partial charge on any atom is -0.497 e. The summed E-state index contributed by atoms with van der Waals surface area (Å²) in [4.78, 5) is 17.7. The third kappa shape index (κ3) is 5.23. The molecule has 1 aliphatic carbocycles. The van der Waals surface area contributed by atoms with Gasteiger partial charge in [0.15, 0.2) is 0 Å². The molecule has 1 unspecified atom stereocenters. The molecular weight excluding hydrogens is 402 g/mol. The second kappa shape index (κ2) is 10.5. The number of carbonyl (C=O) groups is 1. The molecule has 0 spiro atoms. The quantitative estimate of drug-likeness (QED) is 0.465. The maximum atomic E-state index is 12.8. The zero-order valence-corrected chi connectivity index (χ0v) is 19.0. The van der Waals surface area contributed by atoms with E-state index in [1.165, 1.54) is 6.42 Å². The molecule has 6 heteroatoms. The SMILES string of the molecule is COc1ccc(OCCCn2c(C(C)NC(=O)C3CCCCC3)nc3ccccc32)cc1. The molecule has 4 rings (SSSR count). The average molecular weight is 436 g/mol. The number of aromatic nitrogens is 2. The van der Waals surface area contributed by atoms with E-state index in [0.717, 1.165) is 67.0 Å². The van der Waals surface area contributed by atoms with Crippen molar-refractivity contribution in [2.24, 2.45) is 5.92 Å². The molecule has 0 saturated heterocycles. The Bertz CT molecular complexity index is 1020. The van der Waals surface area contributed by atoms with Crippen LogP contribution in [0.4, 0.5) is 0 Å². The lowest BCUT2D eigenvalue weighted by molar-refractivity contribution is -0.126. The monoisotopic (exact) mass is 435 g/mol. The first-order valence-electron chi connectivity index (χ1n) is 11.7. The Hall–Kier alpha value is -3.02. The number of benzene rings is 2. The number of nitrogens with zero attached hydrogens (tertiary/aromatic N) is 2. The lowest BCUT2D eigenvalue weighted by atomic mass is 9.88. The number of carbonyl (C=O) groups excluding carboxylic acids is 1. The van der Waals surface area contributed by atoms with Crippen molar-refractivity contribution < 1.29 is 14.3 Å². The van der Waals surface area contributed by atoms with Crippen molar-refractivity contribution in [1.29, 1.82) is 0 Å². The second-order valence-electron chi connectivity index (χ2n) is 8.55. The molecule has 1 N–H and O–H groups in total. The summed E-state index contributed by atoms with van der Waals surface area (Å²) < 4.78 is 13.3. The summed E-state index contributed by atoms with van der Waals surface area (Å²) in [6.07, 6.45) is 6.38. The Morgan fingerprint density at radius 2 is 1.81 bits per heavy atom. The van der Waals surface area contributed by atoms with Gasteiger partial charge in [-0.05, 0) is 62.6 Å². The van der Waals surface area contributed by atoms with Gasteiger partial charge in [-0.1, -0.05) is 31.4 Å². The molecule has 3 aromatic rings. The van der Waals surface area contributed by atoms with Gasteiger partial charge >= 0.3 is 0 Å². The van der Waals surface area contributed by atoms with Crippen LogP contribution in [-0.2, 0) is 11.3 Å². The Morgan fingerprint density at radius 1 is 1.09 bits per heavy atom. The van der Waals surface area contributed by atoms with Crippen LogP contribution in [0.3, 0.4) is 0 Å². The fourth-order valence-electron chi connectivity index (χ4n) is 4.50. The molecule has 0 aliphatic heterocycles. The molecule has 0 radical (unpaired) electrons. The summed E-state index contributed by atoms with van der Waals surface area (Å²) in [5.74, 6) is 2.85. The van der Waals surface area contributed by atoms with E-state index in [2.05, 4.69) is 16.0 Å². The van der Waals surface area contributed by atoms with E-state index < -0.39 is 0 Å². The zero-order chi connectivity index (χ0) is 22.3. The predicted octanol–water partition coefficient (Wildman–Crippen LogP) is 5.27. The molecule has 170 valence electrons. The first kappa shape index (κ1) is 22.2.